The molecule has 0 bridgehead atoms. The van der Waals surface area contributed by atoms with Gasteiger partial charge in [0.1, 0.15) is 5.82 Å². The number of hydrazine groups is 1. The zero-order chi connectivity index (χ0) is 18.9. The van der Waals surface area contributed by atoms with Gasteiger partial charge in [-0.25, -0.2) is 10.0 Å². The Morgan fingerprint density at radius 3 is 2.29 bits per heavy atom. The van der Waals surface area contributed by atoms with Crippen LogP contribution in [0, 0.1) is 0 Å². The molecule has 3 aromatic rings. The van der Waals surface area contributed by atoms with Gasteiger partial charge < -0.3 is 10.7 Å². The quantitative estimate of drug-likeness (QED) is 0.704. The van der Waals surface area contributed by atoms with E-state index in [2.05, 4.69) is 39.2 Å². The van der Waals surface area contributed by atoms with Gasteiger partial charge in [-0.15, -0.1) is 0 Å². The van der Waals surface area contributed by atoms with Crippen LogP contribution in [0.4, 0.5) is 17.5 Å². The first-order valence-electron chi connectivity index (χ1n) is 10.3. The van der Waals surface area contributed by atoms with Crippen molar-refractivity contribution in [3.63, 3.8) is 0 Å². The fourth-order valence-electron chi connectivity index (χ4n) is 4.32. The summed E-state index contributed by atoms with van der Waals surface area (Å²) in [5, 5.41) is 5.55. The lowest BCUT2D eigenvalue weighted by molar-refractivity contribution is 0.340. The second-order valence-corrected chi connectivity index (χ2v) is 7.66. The highest BCUT2D eigenvalue weighted by atomic mass is 15.7. The molecule has 2 N–H and O–H groups in total. The molecular formula is C21H27N7. The van der Waals surface area contributed by atoms with Crippen molar-refractivity contribution >= 4 is 28.5 Å². The van der Waals surface area contributed by atoms with Crippen LogP contribution in [-0.2, 0) is 0 Å². The van der Waals surface area contributed by atoms with Crippen molar-refractivity contribution < 1.29 is 0 Å². The highest BCUT2D eigenvalue weighted by Crippen LogP contribution is 2.33. The maximum absolute atomic E-state index is 6.21. The molecule has 1 aromatic carbocycles. The van der Waals surface area contributed by atoms with E-state index in [9.17, 15) is 0 Å². The molecule has 0 saturated carbocycles. The van der Waals surface area contributed by atoms with Gasteiger partial charge in [-0.2, -0.15) is 9.97 Å². The topological polar surface area (TPSA) is 66.5 Å². The Kier molecular flexibility index (Phi) is 4.52. The Morgan fingerprint density at radius 2 is 1.54 bits per heavy atom. The Bertz CT molecular complexity index is 940. The number of nitrogens with two attached hydrogens (primary N) is 1. The molecule has 7 heteroatoms. The molecule has 0 aliphatic carbocycles. The van der Waals surface area contributed by atoms with E-state index in [1.165, 1.54) is 32.1 Å². The number of nitrogen functional groups attached to an aromatic ring is 1. The molecule has 28 heavy (non-hydrogen) atoms. The number of anilines is 3. The summed E-state index contributed by atoms with van der Waals surface area (Å²) in [5.41, 5.74) is 1.87. The second kappa shape index (κ2) is 7.31. The van der Waals surface area contributed by atoms with Crippen molar-refractivity contribution in [2.24, 2.45) is 0 Å². The smallest absolute Gasteiger partial charge is 0.249 e. The lowest BCUT2D eigenvalue weighted by Crippen LogP contribution is -2.39. The van der Waals surface area contributed by atoms with Gasteiger partial charge in [0, 0.05) is 32.4 Å². The first-order chi connectivity index (χ1) is 13.8. The van der Waals surface area contributed by atoms with Crippen LogP contribution in [0.2, 0.25) is 0 Å². The monoisotopic (exact) mass is 377 g/mol. The third kappa shape index (κ3) is 3.05. The van der Waals surface area contributed by atoms with Crippen LogP contribution < -0.4 is 15.8 Å². The highest BCUT2D eigenvalue weighted by Gasteiger charge is 2.27. The van der Waals surface area contributed by atoms with Crippen molar-refractivity contribution in [3.8, 4) is 0 Å². The van der Waals surface area contributed by atoms with Crippen LogP contribution in [0.1, 0.15) is 32.1 Å². The Hall–Kier alpha value is -2.80. The van der Waals surface area contributed by atoms with Crippen molar-refractivity contribution in [2.45, 2.75) is 32.1 Å². The number of nitrogens with zero attached hydrogens (tertiary/aromatic N) is 6. The lowest BCUT2D eigenvalue weighted by Gasteiger charge is -2.33. The number of hydrogen-bond acceptors (Lipinski definition) is 6. The number of para-hydroxylation sites is 1. The molecule has 2 fully saturated rings. The van der Waals surface area contributed by atoms with Crippen LogP contribution in [0.3, 0.4) is 0 Å². The van der Waals surface area contributed by atoms with Gasteiger partial charge in [0.2, 0.25) is 5.95 Å². The van der Waals surface area contributed by atoms with Crippen LogP contribution in [-0.4, -0.2) is 45.8 Å². The first kappa shape index (κ1) is 17.3. The van der Waals surface area contributed by atoms with E-state index in [0.29, 0.717) is 5.95 Å². The van der Waals surface area contributed by atoms with Gasteiger partial charge in [0.15, 0.2) is 5.65 Å². The largest absolute Gasteiger partial charge is 0.356 e. The summed E-state index contributed by atoms with van der Waals surface area (Å²) < 4.78 is 1.61. The zero-order valence-corrected chi connectivity index (χ0v) is 16.2. The van der Waals surface area contributed by atoms with Crippen LogP contribution in [0.25, 0.3) is 11.0 Å². The molecule has 0 radical (unpaired) electrons. The molecular weight excluding hydrogens is 350 g/mol. The first-order valence-corrected chi connectivity index (χ1v) is 10.3. The summed E-state index contributed by atoms with van der Waals surface area (Å²) in [5.74, 6) is 7.92. The molecule has 0 spiro atoms. The van der Waals surface area contributed by atoms with Crippen molar-refractivity contribution in [2.75, 3.05) is 41.9 Å². The van der Waals surface area contributed by atoms with Gasteiger partial charge in [-0.3, -0.25) is 4.68 Å². The molecule has 7 nitrogen and oxygen atoms in total. The van der Waals surface area contributed by atoms with E-state index in [1.807, 2.05) is 18.3 Å². The van der Waals surface area contributed by atoms with Crippen molar-refractivity contribution in [1.29, 1.82) is 0 Å². The maximum atomic E-state index is 6.21. The molecule has 2 aliphatic heterocycles. The third-order valence-corrected chi connectivity index (χ3v) is 5.75. The number of aromatic nitrogens is 3. The summed E-state index contributed by atoms with van der Waals surface area (Å²) in [6.07, 6.45) is 7.96. The summed E-state index contributed by atoms with van der Waals surface area (Å²) in [6, 6.07) is 12.4. The molecule has 2 aromatic heterocycles. The third-order valence-electron chi connectivity index (χ3n) is 5.75. The average molecular weight is 377 g/mol. The van der Waals surface area contributed by atoms with Crippen molar-refractivity contribution in [3.05, 3.63) is 42.6 Å². The van der Waals surface area contributed by atoms with E-state index in [0.717, 1.165) is 48.7 Å². The molecule has 5 rings (SSSR count). The highest BCUT2D eigenvalue weighted by molar-refractivity contribution is 5.89. The van der Waals surface area contributed by atoms with E-state index in [1.54, 1.807) is 4.68 Å². The predicted molar refractivity (Wildman–Crippen MR) is 113 cm³/mol. The molecule has 0 unspecified atom stereocenters. The SMILES string of the molecule is Nn1ccc2c(N3CCCCC3)nc(N(c3ccccc3)N3CCCC3)nc21. The zero-order valence-electron chi connectivity index (χ0n) is 16.2. The van der Waals surface area contributed by atoms with E-state index in [4.69, 9.17) is 15.8 Å². The lowest BCUT2D eigenvalue weighted by atomic mass is 10.1. The Morgan fingerprint density at radius 1 is 0.821 bits per heavy atom. The fraction of sp³-hybridized carbons (Fsp3) is 0.429. The summed E-state index contributed by atoms with van der Waals surface area (Å²) >= 11 is 0. The van der Waals surface area contributed by atoms with Gasteiger partial charge in [-0.05, 0) is 50.3 Å². The Balaban J connectivity index is 1.66. The number of fused-ring (bicyclic) bond motifs is 1. The molecule has 2 saturated heterocycles. The normalized spacial score (nSPS) is 18.1. The van der Waals surface area contributed by atoms with E-state index < -0.39 is 0 Å². The minimum absolute atomic E-state index is 0.701. The predicted octanol–water partition coefficient (Wildman–Crippen LogP) is 3.28. The maximum Gasteiger partial charge on any atom is 0.249 e. The minimum atomic E-state index is 0.701. The van der Waals surface area contributed by atoms with Crippen LogP contribution in [0.15, 0.2) is 42.6 Å². The Labute approximate surface area is 165 Å². The number of rotatable bonds is 4. The van der Waals surface area contributed by atoms with Crippen LogP contribution in [0.5, 0.6) is 0 Å². The van der Waals surface area contributed by atoms with Gasteiger partial charge in [0.05, 0.1) is 11.1 Å². The standard InChI is InChI=1S/C21H27N7/c22-27-16-11-18-19(25-12-5-2-6-13-25)23-21(24-20(18)27)28(26-14-7-8-15-26)17-9-3-1-4-10-17/h1,3-4,9-11,16H,2,5-8,12-15,22H2. The molecule has 0 atom stereocenters. The van der Waals surface area contributed by atoms with E-state index >= 15 is 0 Å². The molecule has 4 heterocycles. The number of hydrogen-bond donors (Lipinski definition) is 1. The van der Waals surface area contributed by atoms with Gasteiger partial charge >= 0.3 is 0 Å². The molecule has 0 amide bonds. The summed E-state index contributed by atoms with van der Waals surface area (Å²) in [6.45, 7) is 4.10. The molecule has 2 aliphatic rings. The fourth-order valence-corrected chi connectivity index (χ4v) is 4.32. The summed E-state index contributed by atoms with van der Waals surface area (Å²) in [7, 11) is 0. The van der Waals surface area contributed by atoms with Gasteiger partial charge in [0.25, 0.3) is 0 Å². The minimum Gasteiger partial charge on any atom is -0.356 e. The molecule has 146 valence electrons. The number of benzene rings is 1. The van der Waals surface area contributed by atoms with Gasteiger partial charge in [-0.1, -0.05) is 18.2 Å². The van der Waals surface area contributed by atoms with Crippen LogP contribution >= 0.6 is 0 Å². The number of piperidine rings is 1. The second-order valence-electron chi connectivity index (χ2n) is 7.66. The summed E-state index contributed by atoms with van der Waals surface area (Å²) in [4.78, 5) is 12.4. The van der Waals surface area contributed by atoms with Crippen molar-refractivity contribution in [1.82, 2.24) is 19.7 Å². The average Bonchev–Trinajstić information content (AvgIpc) is 3.40. The van der Waals surface area contributed by atoms with E-state index in [-0.39, 0.29) is 0 Å².